The van der Waals surface area contributed by atoms with Gasteiger partial charge >= 0.3 is 5.97 Å². The van der Waals surface area contributed by atoms with Crippen LogP contribution >= 0.6 is 0 Å². The highest BCUT2D eigenvalue weighted by atomic mass is 16.5. The lowest BCUT2D eigenvalue weighted by Gasteiger charge is -2.14. The zero-order valence-electron chi connectivity index (χ0n) is 17.9. The SMILES string of the molecule is COc1cc2oc(C)c(C)c2cc1/C(C)=C/C(=O)NC(Cc1ccc(O)cc1)C(=O)O. The predicted molar refractivity (Wildman–Crippen MR) is 117 cm³/mol. The van der Waals surface area contributed by atoms with Gasteiger partial charge in [0.1, 0.15) is 28.9 Å². The number of nitrogens with one attached hydrogen (secondary N) is 1. The van der Waals surface area contributed by atoms with Crippen LogP contribution in [-0.2, 0) is 16.0 Å². The highest BCUT2D eigenvalue weighted by Gasteiger charge is 2.20. The van der Waals surface area contributed by atoms with Gasteiger partial charge < -0.3 is 24.7 Å². The number of aliphatic carboxylic acids is 1. The third-order valence-corrected chi connectivity index (χ3v) is 5.26. The molecule has 0 spiro atoms. The van der Waals surface area contributed by atoms with E-state index >= 15 is 0 Å². The van der Waals surface area contributed by atoms with Gasteiger partial charge in [-0.1, -0.05) is 12.1 Å². The van der Waals surface area contributed by atoms with Gasteiger partial charge in [-0.2, -0.15) is 0 Å². The minimum atomic E-state index is -1.14. The van der Waals surface area contributed by atoms with Crippen molar-refractivity contribution in [2.45, 2.75) is 33.2 Å². The van der Waals surface area contributed by atoms with Crippen molar-refractivity contribution < 1.29 is 29.0 Å². The Balaban J connectivity index is 1.84. The number of allylic oxidation sites excluding steroid dienone is 1. The summed E-state index contributed by atoms with van der Waals surface area (Å²) in [7, 11) is 1.54. The summed E-state index contributed by atoms with van der Waals surface area (Å²) in [6.45, 7) is 5.61. The fourth-order valence-electron chi connectivity index (χ4n) is 3.40. The molecule has 162 valence electrons. The van der Waals surface area contributed by atoms with Crippen LogP contribution in [0.25, 0.3) is 16.5 Å². The number of fused-ring (bicyclic) bond motifs is 1. The molecule has 0 radical (unpaired) electrons. The number of phenols is 1. The van der Waals surface area contributed by atoms with Crippen LogP contribution in [0, 0.1) is 13.8 Å². The van der Waals surface area contributed by atoms with Crippen LogP contribution in [0.4, 0.5) is 0 Å². The molecule has 3 aromatic rings. The largest absolute Gasteiger partial charge is 0.508 e. The van der Waals surface area contributed by atoms with Crippen LogP contribution < -0.4 is 10.1 Å². The van der Waals surface area contributed by atoms with E-state index in [1.165, 1.54) is 18.2 Å². The molecule has 1 amide bonds. The maximum absolute atomic E-state index is 12.6. The van der Waals surface area contributed by atoms with E-state index in [-0.39, 0.29) is 12.2 Å². The summed E-state index contributed by atoms with van der Waals surface area (Å²) in [5, 5.41) is 22.3. The summed E-state index contributed by atoms with van der Waals surface area (Å²) in [5.41, 5.74) is 3.75. The van der Waals surface area contributed by atoms with Crippen LogP contribution in [0.1, 0.15) is 29.4 Å². The van der Waals surface area contributed by atoms with Gasteiger partial charge in [-0.25, -0.2) is 4.79 Å². The lowest BCUT2D eigenvalue weighted by atomic mass is 10.0. The molecule has 0 aliphatic heterocycles. The van der Waals surface area contributed by atoms with Crippen molar-refractivity contribution in [1.82, 2.24) is 5.32 Å². The van der Waals surface area contributed by atoms with E-state index in [0.717, 1.165) is 22.3 Å². The quantitative estimate of drug-likeness (QED) is 0.496. The van der Waals surface area contributed by atoms with Gasteiger partial charge in [0, 0.05) is 29.5 Å². The molecule has 3 N–H and O–H groups in total. The van der Waals surface area contributed by atoms with Crippen LogP contribution in [0.15, 0.2) is 46.9 Å². The van der Waals surface area contributed by atoms with Gasteiger partial charge in [-0.05, 0) is 55.7 Å². The van der Waals surface area contributed by atoms with Gasteiger partial charge in [-0.3, -0.25) is 4.79 Å². The lowest BCUT2D eigenvalue weighted by molar-refractivity contribution is -0.141. The van der Waals surface area contributed by atoms with Crippen molar-refractivity contribution >= 4 is 28.4 Å². The monoisotopic (exact) mass is 423 g/mol. The summed E-state index contributed by atoms with van der Waals surface area (Å²) >= 11 is 0. The van der Waals surface area contributed by atoms with E-state index in [1.807, 2.05) is 19.9 Å². The molecule has 0 aliphatic rings. The van der Waals surface area contributed by atoms with Crippen molar-refractivity contribution in [3.63, 3.8) is 0 Å². The van der Waals surface area contributed by atoms with Gasteiger partial charge in [0.25, 0.3) is 0 Å². The van der Waals surface area contributed by atoms with Gasteiger partial charge in [0.2, 0.25) is 5.91 Å². The van der Waals surface area contributed by atoms with Gasteiger partial charge in [0.15, 0.2) is 0 Å². The Morgan fingerprint density at radius 3 is 2.48 bits per heavy atom. The minimum Gasteiger partial charge on any atom is -0.508 e. The van der Waals surface area contributed by atoms with Crippen LogP contribution in [-0.4, -0.2) is 35.2 Å². The van der Waals surface area contributed by atoms with Crippen LogP contribution in [0.5, 0.6) is 11.5 Å². The first-order valence-corrected chi connectivity index (χ1v) is 9.77. The zero-order valence-corrected chi connectivity index (χ0v) is 17.9. The minimum absolute atomic E-state index is 0.0900. The smallest absolute Gasteiger partial charge is 0.326 e. The van der Waals surface area contributed by atoms with Crippen molar-refractivity contribution in [2.75, 3.05) is 7.11 Å². The second kappa shape index (κ2) is 8.95. The Hall–Kier alpha value is -3.74. The Bertz CT molecular complexity index is 1160. The number of aromatic hydroxyl groups is 1. The van der Waals surface area contributed by atoms with Crippen LogP contribution in [0.3, 0.4) is 0 Å². The molecule has 31 heavy (non-hydrogen) atoms. The standard InChI is InChI=1S/C24H25NO6/c1-13(18-11-19-14(2)15(3)31-22(19)12-21(18)30-4)9-23(27)25-20(24(28)29)10-16-5-7-17(26)8-6-16/h5-9,11-12,20,26H,10H2,1-4H3,(H,25,27)(H,28,29)/b13-9+. The Morgan fingerprint density at radius 2 is 1.87 bits per heavy atom. The molecule has 7 nitrogen and oxygen atoms in total. The molecule has 1 atom stereocenters. The molecule has 1 aromatic heterocycles. The summed E-state index contributed by atoms with van der Waals surface area (Å²) in [6, 6.07) is 8.77. The number of aryl methyl sites for hydroxylation is 2. The number of carbonyl (C=O) groups is 2. The van der Waals surface area contributed by atoms with E-state index in [2.05, 4.69) is 5.32 Å². The topological polar surface area (TPSA) is 109 Å². The molecule has 0 fully saturated rings. The second-order valence-corrected chi connectivity index (χ2v) is 7.43. The summed E-state index contributed by atoms with van der Waals surface area (Å²) in [6.07, 6.45) is 1.45. The summed E-state index contributed by atoms with van der Waals surface area (Å²) in [5.74, 6) is -0.206. The number of hydrogen-bond donors (Lipinski definition) is 3. The fourth-order valence-corrected chi connectivity index (χ4v) is 3.40. The first kappa shape index (κ1) is 22.0. The fraction of sp³-hybridized carbons (Fsp3) is 0.250. The van der Waals surface area contributed by atoms with Crippen molar-refractivity contribution in [2.24, 2.45) is 0 Å². The van der Waals surface area contributed by atoms with Crippen molar-refractivity contribution in [3.8, 4) is 11.5 Å². The number of furan rings is 1. The third-order valence-electron chi connectivity index (χ3n) is 5.26. The van der Waals surface area contributed by atoms with Crippen LogP contribution in [0.2, 0.25) is 0 Å². The van der Waals surface area contributed by atoms with Crippen molar-refractivity contribution in [3.05, 3.63) is 64.9 Å². The average Bonchev–Trinajstić information content (AvgIpc) is 3.00. The number of hydrogen-bond acceptors (Lipinski definition) is 5. The van der Waals surface area contributed by atoms with Gasteiger partial charge in [-0.15, -0.1) is 0 Å². The molecule has 2 aromatic carbocycles. The molecule has 7 heteroatoms. The van der Waals surface area contributed by atoms with Gasteiger partial charge in [0.05, 0.1) is 7.11 Å². The molecule has 0 saturated carbocycles. The van der Waals surface area contributed by atoms with E-state index in [0.29, 0.717) is 22.5 Å². The Labute approximate surface area is 179 Å². The molecule has 0 saturated heterocycles. The molecular formula is C24H25NO6. The highest BCUT2D eigenvalue weighted by Crippen LogP contribution is 2.34. The number of carbonyl (C=O) groups excluding carboxylic acids is 1. The lowest BCUT2D eigenvalue weighted by Crippen LogP contribution is -2.41. The molecular weight excluding hydrogens is 398 g/mol. The summed E-state index contributed by atoms with van der Waals surface area (Å²) < 4.78 is 11.2. The van der Waals surface area contributed by atoms with E-state index in [9.17, 15) is 19.8 Å². The molecule has 0 aliphatic carbocycles. The van der Waals surface area contributed by atoms with E-state index in [4.69, 9.17) is 9.15 Å². The molecule has 0 bridgehead atoms. The number of rotatable bonds is 7. The predicted octanol–water partition coefficient (Wildman–Crippen LogP) is 3.98. The Kier molecular flexibility index (Phi) is 6.34. The maximum Gasteiger partial charge on any atom is 0.326 e. The van der Waals surface area contributed by atoms with Crippen molar-refractivity contribution in [1.29, 1.82) is 0 Å². The normalized spacial score (nSPS) is 12.6. The van der Waals surface area contributed by atoms with E-state index in [1.54, 1.807) is 32.2 Å². The maximum atomic E-state index is 12.6. The number of ether oxygens (including phenoxy) is 1. The number of benzene rings is 2. The number of carboxylic acid groups (broad SMARTS) is 1. The molecule has 1 unspecified atom stereocenters. The number of methoxy groups -OCH3 is 1. The first-order valence-electron chi connectivity index (χ1n) is 9.77. The third kappa shape index (κ3) is 4.88. The molecule has 1 heterocycles. The van der Waals surface area contributed by atoms with E-state index < -0.39 is 17.9 Å². The highest BCUT2D eigenvalue weighted by molar-refractivity contribution is 5.99. The number of phenolic OH excluding ortho intramolecular Hbond substituents is 1. The molecule has 3 rings (SSSR count). The number of carboxylic acids is 1. The second-order valence-electron chi connectivity index (χ2n) is 7.43. The number of amides is 1. The average molecular weight is 423 g/mol. The zero-order chi connectivity index (χ0) is 22.7. The summed E-state index contributed by atoms with van der Waals surface area (Å²) in [4.78, 5) is 24.2. The first-order chi connectivity index (χ1) is 14.7. The Morgan fingerprint density at radius 1 is 1.19 bits per heavy atom.